The average Bonchev–Trinajstić information content (AvgIpc) is 2.45. The van der Waals surface area contributed by atoms with Crippen LogP contribution in [0.5, 0.6) is 0 Å². The first-order valence-corrected chi connectivity index (χ1v) is 6.62. The smallest absolute Gasteiger partial charge is 0.469 e. The van der Waals surface area contributed by atoms with E-state index in [2.05, 4.69) is 0 Å². The summed E-state index contributed by atoms with van der Waals surface area (Å²) in [5, 5.41) is 0. The van der Waals surface area contributed by atoms with Crippen LogP contribution in [-0.2, 0) is 18.8 Å². The summed E-state index contributed by atoms with van der Waals surface area (Å²) in [6.45, 7) is 11.8. The fourth-order valence-corrected chi connectivity index (χ4v) is 1.80. The van der Waals surface area contributed by atoms with E-state index in [1.165, 1.54) is 7.11 Å². The topological polar surface area (TPSA) is 44.8 Å². The SMILES string of the molecule is COC(=O)C(C)(C)C/C=C/B1OC(C)(C)C(C)(C)O1. The van der Waals surface area contributed by atoms with Gasteiger partial charge in [0, 0.05) is 0 Å². The summed E-state index contributed by atoms with van der Waals surface area (Å²) in [6, 6.07) is 0. The minimum Gasteiger partial charge on any atom is -0.469 e. The zero-order chi connectivity index (χ0) is 14.9. The largest absolute Gasteiger partial charge is 0.486 e. The lowest BCUT2D eigenvalue weighted by Gasteiger charge is -2.32. The lowest BCUT2D eigenvalue weighted by atomic mass is 9.84. The van der Waals surface area contributed by atoms with Crippen molar-refractivity contribution in [2.24, 2.45) is 5.41 Å². The Morgan fingerprint density at radius 1 is 1.21 bits per heavy atom. The maximum atomic E-state index is 11.5. The van der Waals surface area contributed by atoms with Gasteiger partial charge in [-0.15, -0.1) is 0 Å². The zero-order valence-electron chi connectivity index (χ0n) is 13.1. The van der Waals surface area contributed by atoms with Gasteiger partial charge in [-0.3, -0.25) is 4.79 Å². The normalized spacial score (nSPS) is 21.9. The summed E-state index contributed by atoms with van der Waals surface area (Å²) < 4.78 is 16.4. The van der Waals surface area contributed by atoms with Crippen LogP contribution in [0.25, 0.3) is 0 Å². The monoisotopic (exact) mass is 268 g/mol. The van der Waals surface area contributed by atoms with Crippen LogP contribution in [0.3, 0.4) is 0 Å². The lowest BCUT2D eigenvalue weighted by Crippen LogP contribution is -2.41. The van der Waals surface area contributed by atoms with Crippen LogP contribution in [-0.4, -0.2) is 31.4 Å². The lowest BCUT2D eigenvalue weighted by molar-refractivity contribution is -0.150. The predicted octanol–water partition coefficient (Wildman–Crippen LogP) is 2.76. The van der Waals surface area contributed by atoms with Crippen LogP contribution < -0.4 is 0 Å². The second-order valence-corrected chi connectivity index (χ2v) is 6.63. The summed E-state index contributed by atoms with van der Waals surface area (Å²) in [5.41, 5.74) is -1.20. The molecule has 1 aliphatic rings. The predicted molar refractivity (Wildman–Crippen MR) is 75.6 cm³/mol. The molecular formula is C14H25BO4. The Balaban J connectivity index is 2.59. The molecular weight excluding hydrogens is 243 g/mol. The Bertz CT molecular complexity index is 356. The summed E-state index contributed by atoms with van der Waals surface area (Å²) in [5.74, 6) is 1.65. The third-order valence-electron chi connectivity index (χ3n) is 3.93. The molecule has 5 heteroatoms. The van der Waals surface area contributed by atoms with Gasteiger partial charge in [-0.05, 0) is 48.0 Å². The van der Waals surface area contributed by atoms with Gasteiger partial charge >= 0.3 is 13.1 Å². The number of carbonyl (C=O) groups is 1. The molecule has 1 saturated heterocycles. The molecule has 4 nitrogen and oxygen atoms in total. The van der Waals surface area contributed by atoms with Gasteiger partial charge in [0.1, 0.15) is 0 Å². The van der Waals surface area contributed by atoms with Gasteiger partial charge in [0.15, 0.2) is 0 Å². The molecule has 1 fully saturated rings. The summed E-state index contributed by atoms with van der Waals surface area (Å²) in [6.07, 6.45) is 2.50. The molecule has 1 rings (SSSR count). The molecule has 0 N–H and O–H groups in total. The number of ether oxygens (including phenoxy) is 1. The third-order valence-corrected chi connectivity index (χ3v) is 3.93. The van der Waals surface area contributed by atoms with Crippen LogP contribution >= 0.6 is 0 Å². The number of hydrogen-bond acceptors (Lipinski definition) is 4. The molecule has 19 heavy (non-hydrogen) atoms. The second kappa shape index (κ2) is 5.29. The molecule has 0 atom stereocenters. The van der Waals surface area contributed by atoms with Gasteiger partial charge in [-0.2, -0.15) is 0 Å². The molecule has 0 spiro atoms. The molecule has 0 aromatic heterocycles. The van der Waals surface area contributed by atoms with E-state index in [1.807, 2.05) is 53.6 Å². The molecule has 0 aliphatic carbocycles. The number of rotatable bonds is 4. The Kier molecular flexibility index (Phi) is 4.53. The fourth-order valence-electron chi connectivity index (χ4n) is 1.80. The molecule has 1 heterocycles. The summed E-state index contributed by atoms with van der Waals surface area (Å²) >= 11 is 0. The number of esters is 1. The van der Waals surface area contributed by atoms with E-state index in [4.69, 9.17) is 14.0 Å². The Morgan fingerprint density at radius 2 is 1.68 bits per heavy atom. The third kappa shape index (κ3) is 3.60. The highest BCUT2D eigenvalue weighted by Gasteiger charge is 2.50. The number of hydrogen-bond donors (Lipinski definition) is 0. The van der Waals surface area contributed by atoms with Gasteiger partial charge in [0.2, 0.25) is 0 Å². The highest BCUT2D eigenvalue weighted by atomic mass is 16.7. The molecule has 0 bridgehead atoms. The highest BCUT2D eigenvalue weighted by molar-refractivity contribution is 6.51. The van der Waals surface area contributed by atoms with Crippen LogP contribution in [0, 0.1) is 5.41 Å². The van der Waals surface area contributed by atoms with Crippen molar-refractivity contribution in [2.45, 2.75) is 59.2 Å². The van der Waals surface area contributed by atoms with Crippen molar-refractivity contribution in [3.05, 3.63) is 12.1 Å². The van der Waals surface area contributed by atoms with Gasteiger partial charge in [-0.1, -0.05) is 12.1 Å². The van der Waals surface area contributed by atoms with Gasteiger partial charge in [0.05, 0.1) is 23.7 Å². The van der Waals surface area contributed by atoms with E-state index >= 15 is 0 Å². The van der Waals surface area contributed by atoms with Crippen molar-refractivity contribution in [3.63, 3.8) is 0 Å². The molecule has 0 aromatic carbocycles. The standard InChI is InChI=1S/C14H25BO4/c1-12(2,11(16)17-7)9-8-10-15-18-13(3,4)14(5,6)19-15/h8,10H,9H2,1-7H3/b10-8+. The van der Waals surface area contributed by atoms with Crippen molar-refractivity contribution in [1.29, 1.82) is 0 Å². The van der Waals surface area contributed by atoms with Gasteiger partial charge in [-0.25, -0.2) is 0 Å². The van der Waals surface area contributed by atoms with Crippen LogP contribution in [0.1, 0.15) is 48.0 Å². The van der Waals surface area contributed by atoms with Crippen molar-refractivity contribution in [3.8, 4) is 0 Å². The van der Waals surface area contributed by atoms with Crippen molar-refractivity contribution < 1.29 is 18.8 Å². The molecule has 0 aromatic rings. The molecule has 108 valence electrons. The minimum absolute atomic E-state index is 0.217. The van der Waals surface area contributed by atoms with E-state index in [9.17, 15) is 4.79 Å². The Hall–Kier alpha value is -0.805. The van der Waals surface area contributed by atoms with Crippen molar-refractivity contribution in [1.82, 2.24) is 0 Å². The quantitative estimate of drug-likeness (QED) is 0.581. The van der Waals surface area contributed by atoms with E-state index in [1.54, 1.807) is 0 Å². The first-order chi connectivity index (χ1) is 8.52. The van der Waals surface area contributed by atoms with E-state index in [0.29, 0.717) is 6.42 Å². The number of allylic oxidation sites excluding steroid dienone is 1. The maximum absolute atomic E-state index is 11.5. The van der Waals surface area contributed by atoms with Crippen molar-refractivity contribution >= 4 is 13.1 Å². The average molecular weight is 268 g/mol. The van der Waals surface area contributed by atoms with E-state index < -0.39 is 5.41 Å². The van der Waals surface area contributed by atoms with Crippen LogP contribution in [0.15, 0.2) is 12.1 Å². The summed E-state index contributed by atoms with van der Waals surface area (Å²) in [7, 11) is 1.04. The first kappa shape index (κ1) is 16.2. The molecule has 0 saturated carbocycles. The molecule has 0 amide bonds. The van der Waals surface area contributed by atoms with Gasteiger partial charge < -0.3 is 14.0 Å². The fraction of sp³-hybridized carbons (Fsp3) is 0.786. The second-order valence-electron chi connectivity index (χ2n) is 6.63. The molecule has 0 unspecified atom stereocenters. The Morgan fingerprint density at radius 3 is 2.11 bits per heavy atom. The highest BCUT2D eigenvalue weighted by Crippen LogP contribution is 2.37. The van der Waals surface area contributed by atoms with E-state index in [-0.39, 0.29) is 24.3 Å². The number of methoxy groups -OCH3 is 1. The summed E-state index contributed by atoms with van der Waals surface area (Å²) in [4.78, 5) is 11.5. The van der Waals surface area contributed by atoms with Crippen molar-refractivity contribution in [2.75, 3.05) is 7.11 Å². The number of carbonyl (C=O) groups excluding carboxylic acids is 1. The molecule has 1 aliphatic heterocycles. The van der Waals surface area contributed by atoms with Crippen LogP contribution in [0.2, 0.25) is 0 Å². The van der Waals surface area contributed by atoms with Gasteiger partial charge in [0.25, 0.3) is 0 Å². The Labute approximate surface area is 116 Å². The minimum atomic E-state index is -0.533. The zero-order valence-corrected chi connectivity index (χ0v) is 13.1. The van der Waals surface area contributed by atoms with Crippen LogP contribution in [0.4, 0.5) is 0 Å². The molecule has 0 radical (unpaired) electrons. The maximum Gasteiger partial charge on any atom is 0.486 e. The van der Waals surface area contributed by atoms with E-state index in [0.717, 1.165) is 0 Å². The first-order valence-electron chi connectivity index (χ1n) is 6.62.